The molecule has 0 saturated heterocycles. The summed E-state index contributed by atoms with van der Waals surface area (Å²) in [5.41, 5.74) is 1.67. The summed E-state index contributed by atoms with van der Waals surface area (Å²) < 4.78 is 4.81. The van der Waals surface area contributed by atoms with Gasteiger partial charge in [0.1, 0.15) is 11.6 Å². The van der Waals surface area contributed by atoms with E-state index in [9.17, 15) is 9.59 Å². The predicted octanol–water partition coefficient (Wildman–Crippen LogP) is 1.97. The van der Waals surface area contributed by atoms with Crippen LogP contribution in [-0.2, 0) is 14.3 Å². The van der Waals surface area contributed by atoms with Crippen LogP contribution in [0.3, 0.4) is 0 Å². The first-order valence-corrected chi connectivity index (χ1v) is 6.69. The van der Waals surface area contributed by atoms with Gasteiger partial charge < -0.3 is 10.1 Å². The van der Waals surface area contributed by atoms with Crippen molar-refractivity contribution >= 4 is 18.0 Å². The lowest BCUT2D eigenvalue weighted by molar-refractivity contribution is -0.144. The number of esters is 1. The van der Waals surface area contributed by atoms with Gasteiger partial charge >= 0.3 is 5.97 Å². The molecule has 5 heteroatoms. The molecule has 0 aromatic heterocycles. The number of hydrogen-bond donors (Lipinski definition) is 1. The normalized spacial score (nSPS) is 10.6. The highest BCUT2D eigenvalue weighted by atomic mass is 16.5. The van der Waals surface area contributed by atoms with E-state index in [1.807, 2.05) is 26.0 Å². The molecule has 0 atom stereocenters. The molecule has 0 saturated carbocycles. The summed E-state index contributed by atoms with van der Waals surface area (Å²) in [6.07, 6.45) is 2.24. The zero-order valence-corrected chi connectivity index (χ0v) is 12.2. The Kier molecular flexibility index (Phi) is 6.69. The Morgan fingerprint density at radius 1 is 1.33 bits per heavy atom. The molecule has 1 rings (SSSR count). The molecule has 1 aromatic carbocycles. The van der Waals surface area contributed by atoms with Gasteiger partial charge in [-0.15, -0.1) is 0 Å². The number of nitrogens with zero attached hydrogens (tertiary/aromatic N) is 1. The summed E-state index contributed by atoms with van der Waals surface area (Å²) in [5, 5.41) is 11.6. The van der Waals surface area contributed by atoms with Crippen molar-refractivity contribution in [1.29, 1.82) is 5.26 Å². The number of nitrogens with one attached hydrogen (secondary N) is 1. The zero-order valence-electron chi connectivity index (χ0n) is 12.2. The zero-order chi connectivity index (χ0) is 15.7. The Morgan fingerprint density at radius 2 is 2.00 bits per heavy atom. The quantitative estimate of drug-likeness (QED) is 0.492. The Hall–Kier alpha value is -2.61. The fourth-order valence-electron chi connectivity index (χ4n) is 1.49. The number of aryl methyl sites for hydroxylation is 1. The number of rotatable bonds is 6. The molecule has 0 aliphatic carbocycles. The maximum absolute atomic E-state index is 11.7. The first kappa shape index (κ1) is 16.4. The van der Waals surface area contributed by atoms with Gasteiger partial charge in [0.2, 0.25) is 0 Å². The molecule has 5 nitrogen and oxygen atoms in total. The Morgan fingerprint density at radius 3 is 2.57 bits per heavy atom. The largest absolute Gasteiger partial charge is 0.451 e. The molecule has 0 spiro atoms. The van der Waals surface area contributed by atoms with Crippen molar-refractivity contribution in [2.45, 2.75) is 20.3 Å². The van der Waals surface area contributed by atoms with Crippen molar-refractivity contribution in [1.82, 2.24) is 5.32 Å². The van der Waals surface area contributed by atoms with Gasteiger partial charge in [0.25, 0.3) is 5.91 Å². The molecule has 0 bridgehead atoms. The number of carbonyl (C=O) groups is 2. The first-order chi connectivity index (χ1) is 10.1. The second-order valence-electron chi connectivity index (χ2n) is 4.51. The van der Waals surface area contributed by atoms with Crippen molar-refractivity contribution in [2.75, 3.05) is 13.2 Å². The van der Waals surface area contributed by atoms with E-state index in [-0.39, 0.29) is 18.1 Å². The highest BCUT2D eigenvalue weighted by Crippen LogP contribution is 2.09. The van der Waals surface area contributed by atoms with Gasteiger partial charge in [-0.2, -0.15) is 5.26 Å². The van der Waals surface area contributed by atoms with Crippen LogP contribution in [0.25, 0.3) is 6.08 Å². The van der Waals surface area contributed by atoms with Gasteiger partial charge in [0.05, 0.1) is 0 Å². The summed E-state index contributed by atoms with van der Waals surface area (Å²) in [4.78, 5) is 23.1. The van der Waals surface area contributed by atoms with Crippen molar-refractivity contribution in [2.24, 2.45) is 0 Å². The van der Waals surface area contributed by atoms with E-state index in [0.717, 1.165) is 17.5 Å². The highest BCUT2D eigenvalue weighted by Gasteiger charge is 2.12. The summed E-state index contributed by atoms with van der Waals surface area (Å²) in [7, 11) is 0. The van der Waals surface area contributed by atoms with Crippen LogP contribution in [0.5, 0.6) is 0 Å². The lowest BCUT2D eigenvalue weighted by Crippen LogP contribution is -2.29. The number of benzene rings is 1. The molecule has 1 aromatic rings. The number of amides is 1. The van der Waals surface area contributed by atoms with E-state index in [4.69, 9.17) is 10.00 Å². The molecule has 0 aliphatic heterocycles. The molecule has 21 heavy (non-hydrogen) atoms. The number of nitriles is 1. The minimum absolute atomic E-state index is 0.137. The Balaban J connectivity index is 2.63. The molecule has 0 radical (unpaired) electrons. The minimum atomic E-state index is -0.801. The van der Waals surface area contributed by atoms with Crippen molar-refractivity contribution in [3.8, 4) is 6.07 Å². The number of hydrogen-bond acceptors (Lipinski definition) is 4. The van der Waals surface area contributed by atoms with Gasteiger partial charge in [-0.1, -0.05) is 36.8 Å². The summed E-state index contributed by atoms with van der Waals surface area (Å²) >= 11 is 0. The standard InChI is InChI=1S/C16H18N2O3/c1-3-8-18-15(19)11-21-16(20)14(10-17)9-13-6-4-12(2)5-7-13/h4-7,9H,3,8,11H2,1-2H3,(H,18,19)/b14-9+. The van der Waals surface area contributed by atoms with Crippen LogP contribution in [0.1, 0.15) is 24.5 Å². The van der Waals surface area contributed by atoms with Gasteiger partial charge in [-0.05, 0) is 25.0 Å². The maximum Gasteiger partial charge on any atom is 0.349 e. The monoisotopic (exact) mass is 286 g/mol. The van der Waals surface area contributed by atoms with E-state index in [1.54, 1.807) is 18.2 Å². The van der Waals surface area contributed by atoms with Crippen molar-refractivity contribution in [3.05, 3.63) is 41.0 Å². The Bertz CT molecular complexity index is 568. The van der Waals surface area contributed by atoms with E-state index in [2.05, 4.69) is 5.32 Å². The molecular formula is C16H18N2O3. The van der Waals surface area contributed by atoms with Crippen LogP contribution in [0, 0.1) is 18.3 Å². The third kappa shape index (κ3) is 5.91. The van der Waals surface area contributed by atoms with Crippen LogP contribution in [-0.4, -0.2) is 25.0 Å². The Labute approximate surface area is 124 Å². The van der Waals surface area contributed by atoms with E-state index in [0.29, 0.717) is 6.54 Å². The molecular weight excluding hydrogens is 268 g/mol. The van der Waals surface area contributed by atoms with Crippen LogP contribution in [0.15, 0.2) is 29.8 Å². The smallest absolute Gasteiger partial charge is 0.349 e. The van der Waals surface area contributed by atoms with Crippen LogP contribution in [0.4, 0.5) is 0 Å². The first-order valence-electron chi connectivity index (χ1n) is 6.69. The summed E-state index contributed by atoms with van der Waals surface area (Å²) in [6, 6.07) is 9.14. The fourth-order valence-corrected chi connectivity index (χ4v) is 1.49. The number of ether oxygens (including phenoxy) is 1. The molecule has 1 amide bonds. The summed E-state index contributed by atoms with van der Waals surface area (Å²) in [5.74, 6) is -1.18. The second kappa shape index (κ2) is 8.54. The van der Waals surface area contributed by atoms with Crippen LogP contribution >= 0.6 is 0 Å². The molecule has 0 fully saturated rings. The van der Waals surface area contributed by atoms with Gasteiger partial charge in [-0.25, -0.2) is 4.79 Å². The van der Waals surface area contributed by atoms with Crippen LogP contribution in [0.2, 0.25) is 0 Å². The third-order valence-electron chi connectivity index (χ3n) is 2.64. The minimum Gasteiger partial charge on any atom is -0.451 e. The van der Waals surface area contributed by atoms with Gasteiger partial charge in [-0.3, -0.25) is 4.79 Å². The SMILES string of the molecule is CCCNC(=O)COC(=O)/C(C#N)=C/c1ccc(C)cc1. The van der Waals surface area contributed by atoms with Crippen molar-refractivity contribution in [3.63, 3.8) is 0 Å². The molecule has 0 aliphatic rings. The van der Waals surface area contributed by atoms with E-state index >= 15 is 0 Å². The molecule has 0 unspecified atom stereocenters. The topological polar surface area (TPSA) is 79.2 Å². The molecule has 110 valence electrons. The lowest BCUT2D eigenvalue weighted by atomic mass is 10.1. The molecule has 0 heterocycles. The number of carbonyl (C=O) groups excluding carboxylic acids is 2. The maximum atomic E-state index is 11.7. The second-order valence-corrected chi connectivity index (χ2v) is 4.51. The van der Waals surface area contributed by atoms with Crippen molar-refractivity contribution < 1.29 is 14.3 Å². The fraction of sp³-hybridized carbons (Fsp3) is 0.312. The van der Waals surface area contributed by atoms with Gasteiger partial charge in [0, 0.05) is 6.54 Å². The van der Waals surface area contributed by atoms with E-state index < -0.39 is 5.97 Å². The average molecular weight is 286 g/mol. The van der Waals surface area contributed by atoms with Crippen LogP contribution < -0.4 is 5.32 Å². The average Bonchev–Trinajstić information content (AvgIpc) is 2.49. The third-order valence-corrected chi connectivity index (χ3v) is 2.64. The molecule has 1 N–H and O–H groups in total. The summed E-state index contributed by atoms with van der Waals surface area (Å²) in [6.45, 7) is 4.01. The predicted molar refractivity (Wildman–Crippen MR) is 79.0 cm³/mol. The lowest BCUT2D eigenvalue weighted by Gasteiger charge is -2.05. The van der Waals surface area contributed by atoms with Gasteiger partial charge in [0.15, 0.2) is 6.61 Å². The van der Waals surface area contributed by atoms with E-state index in [1.165, 1.54) is 6.08 Å². The highest BCUT2D eigenvalue weighted by molar-refractivity contribution is 5.98.